The summed E-state index contributed by atoms with van der Waals surface area (Å²) in [5.41, 5.74) is 4.43. The first-order valence-corrected chi connectivity index (χ1v) is 13.0. The number of rotatable bonds is 9. The summed E-state index contributed by atoms with van der Waals surface area (Å²) in [5.74, 6) is 0.278. The van der Waals surface area contributed by atoms with E-state index in [0.29, 0.717) is 23.1 Å². The van der Waals surface area contributed by atoms with Gasteiger partial charge in [0.2, 0.25) is 0 Å². The lowest BCUT2D eigenvalue weighted by atomic mass is 9.98. The van der Waals surface area contributed by atoms with Crippen molar-refractivity contribution in [3.8, 4) is 5.75 Å². The average molecular weight is 528 g/mol. The van der Waals surface area contributed by atoms with Gasteiger partial charge in [0.05, 0.1) is 12.2 Å². The predicted molar refractivity (Wildman–Crippen MR) is 140 cm³/mol. The first-order valence-electron chi connectivity index (χ1n) is 13.0. The van der Waals surface area contributed by atoms with E-state index in [2.05, 4.69) is 34.5 Å². The Morgan fingerprint density at radius 2 is 2.03 bits per heavy atom. The minimum absolute atomic E-state index is 0.204. The van der Waals surface area contributed by atoms with E-state index in [1.54, 1.807) is 17.5 Å². The Labute approximate surface area is 219 Å². The van der Waals surface area contributed by atoms with Crippen LogP contribution in [0, 0.1) is 5.82 Å². The van der Waals surface area contributed by atoms with E-state index in [-0.39, 0.29) is 5.75 Å². The molecule has 1 saturated heterocycles. The lowest BCUT2D eigenvalue weighted by Crippen LogP contribution is -2.38. The van der Waals surface area contributed by atoms with Crippen LogP contribution >= 0.6 is 0 Å². The molecule has 38 heavy (non-hydrogen) atoms. The number of hydrogen-bond donors (Lipinski definition) is 1. The van der Waals surface area contributed by atoms with Crippen molar-refractivity contribution in [1.82, 2.24) is 19.5 Å². The summed E-state index contributed by atoms with van der Waals surface area (Å²) >= 11 is 0. The van der Waals surface area contributed by atoms with Gasteiger partial charge in [-0.05, 0) is 50.5 Å². The summed E-state index contributed by atoms with van der Waals surface area (Å²) < 4.78 is 52.0. The normalized spacial score (nSPS) is 17.5. The molecule has 2 aliphatic rings. The highest BCUT2D eigenvalue weighted by Crippen LogP contribution is 2.32. The minimum atomic E-state index is -2.63. The van der Waals surface area contributed by atoms with Crippen LogP contribution in [-0.2, 0) is 4.74 Å². The van der Waals surface area contributed by atoms with Gasteiger partial charge >= 0.3 is 0 Å². The van der Waals surface area contributed by atoms with Crippen LogP contribution in [0.15, 0.2) is 54.5 Å². The standard InChI is InChI=1S/C28H32F3N5O2/c1-3-19-12-20(16-35(15-19)22-7-10-37-11-8-22)24-14-32-36-9-6-27(34-28(24)36)33-18(2)23-13-21(29)4-5-25(23)38-17-26(30)31/h4-6,9,12-14,16,18,22,26H,3,7-8,10-11,15,17H2,1-2H3,(H,33,34). The van der Waals surface area contributed by atoms with Gasteiger partial charge in [-0.3, -0.25) is 0 Å². The molecule has 10 heteroatoms. The fourth-order valence-corrected chi connectivity index (χ4v) is 4.97. The molecule has 1 aromatic carbocycles. The molecule has 1 N–H and O–H groups in total. The molecule has 202 valence electrons. The second kappa shape index (κ2) is 11.5. The molecule has 0 amide bonds. The Bertz CT molecular complexity index is 1330. The molecule has 2 aromatic heterocycles. The van der Waals surface area contributed by atoms with Gasteiger partial charge in [0.1, 0.15) is 24.0 Å². The smallest absolute Gasteiger partial charge is 0.272 e. The molecular weight excluding hydrogens is 495 g/mol. The Balaban J connectivity index is 1.42. The molecule has 3 aromatic rings. The van der Waals surface area contributed by atoms with Crippen LogP contribution in [0.2, 0.25) is 0 Å². The maximum absolute atomic E-state index is 14.0. The van der Waals surface area contributed by atoms with Crippen LogP contribution in [0.3, 0.4) is 0 Å². The molecule has 1 atom stereocenters. The third-order valence-corrected chi connectivity index (χ3v) is 7.01. The first kappa shape index (κ1) is 26.1. The van der Waals surface area contributed by atoms with Crippen molar-refractivity contribution in [2.75, 3.05) is 31.7 Å². The van der Waals surface area contributed by atoms with Crippen molar-refractivity contribution in [2.24, 2.45) is 0 Å². The highest BCUT2D eigenvalue weighted by atomic mass is 19.3. The molecule has 1 unspecified atom stereocenters. The number of aromatic nitrogens is 3. The van der Waals surface area contributed by atoms with E-state index < -0.39 is 24.9 Å². The number of nitrogens with one attached hydrogen (secondary N) is 1. The largest absolute Gasteiger partial charge is 0.487 e. The third kappa shape index (κ3) is 5.80. The number of allylic oxidation sites excluding steroid dienone is 2. The van der Waals surface area contributed by atoms with E-state index in [1.165, 1.54) is 23.8 Å². The number of alkyl halides is 2. The van der Waals surface area contributed by atoms with Gasteiger partial charge in [-0.25, -0.2) is 22.7 Å². The second-order valence-electron chi connectivity index (χ2n) is 9.65. The van der Waals surface area contributed by atoms with Crippen LogP contribution in [0.25, 0.3) is 11.2 Å². The number of fused-ring (bicyclic) bond motifs is 1. The fourth-order valence-electron chi connectivity index (χ4n) is 4.97. The average Bonchev–Trinajstić information content (AvgIpc) is 3.35. The topological polar surface area (TPSA) is 63.9 Å². The zero-order valence-corrected chi connectivity index (χ0v) is 21.5. The quantitative estimate of drug-likeness (QED) is 0.376. The summed E-state index contributed by atoms with van der Waals surface area (Å²) in [6.07, 6.45) is 8.39. The molecule has 7 nitrogen and oxygen atoms in total. The highest BCUT2D eigenvalue weighted by molar-refractivity contribution is 5.83. The zero-order valence-electron chi connectivity index (χ0n) is 21.5. The Hall–Kier alpha value is -3.53. The van der Waals surface area contributed by atoms with Gasteiger partial charge in [0.15, 0.2) is 5.65 Å². The monoisotopic (exact) mass is 527 g/mol. The number of halogens is 3. The van der Waals surface area contributed by atoms with Gasteiger partial charge in [-0.2, -0.15) is 5.10 Å². The van der Waals surface area contributed by atoms with E-state index in [1.807, 2.05) is 12.4 Å². The maximum atomic E-state index is 14.0. The molecule has 5 rings (SSSR count). The number of hydrogen-bond acceptors (Lipinski definition) is 6. The van der Waals surface area contributed by atoms with E-state index >= 15 is 0 Å². The summed E-state index contributed by atoms with van der Waals surface area (Å²) in [6, 6.07) is 5.61. The van der Waals surface area contributed by atoms with Crippen molar-refractivity contribution in [3.05, 3.63) is 71.5 Å². The molecule has 0 radical (unpaired) electrons. The maximum Gasteiger partial charge on any atom is 0.272 e. The number of anilines is 1. The number of benzene rings is 1. The lowest BCUT2D eigenvalue weighted by Gasteiger charge is -2.36. The summed E-state index contributed by atoms with van der Waals surface area (Å²) in [6.45, 7) is 5.68. The lowest BCUT2D eigenvalue weighted by molar-refractivity contribution is 0.0515. The van der Waals surface area contributed by atoms with E-state index in [0.717, 1.165) is 50.2 Å². The summed E-state index contributed by atoms with van der Waals surface area (Å²) in [7, 11) is 0. The fraction of sp³-hybridized carbons (Fsp3) is 0.429. The SMILES string of the molecule is CCC1=CC(c2cnn3ccc(NC(C)c4cc(F)ccc4OCC(F)F)nc23)=CN(C2CCOCC2)C1. The second-order valence-corrected chi connectivity index (χ2v) is 9.65. The van der Waals surface area contributed by atoms with Gasteiger partial charge in [0, 0.05) is 54.9 Å². The van der Waals surface area contributed by atoms with Crippen LogP contribution in [0.5, 0.6) is 5.75 Å². The van der Waals surface area contributed by atoms with Crippen LogP contribution in [-0.4, -0.2) is 58.3 Å². The van der Waals surface area contributed by atoms with Crippen LogP contribution in [0.4, 0.5) is 19.0 Å². The Morgan fingerprint density at radius 3 is 2.79 bits per heavy atom. The number of ether oxygens (including phenoxy) is 2. The number of nitrogens with zero attached hydrogens (tertiary/aromatic N) is 4. The van der Waals surface area contributed by atoms with Gasteiger partial charge in [-0.1, -0.05) is 18.6 Å². The third-order valence-electron chi connectivity index (χ3n) is 7.01. The first-order chi connectivity index (χ1) is 18.4. The molecule has 0 spiro atoms. The van der Waals surface area contributed by atoms with Gasteiger partial charge in [-0.15, -0.1) is 0 Å². The van der Waals surface area contributed by atoms with Crippen molar-refractivity contribution in [2.45, 2.75) is 51.6 Å². The Kier molecular flexibility index (Phi) is 7.87. The van der Waals surface area contributed by atoms with Crippen molar-refractivity contribution in [1.29, 1.82) is 0 Å². The molecule has 2 aliphatic heterocycles. The van der Waals surface area contributed by atoms with Crippen LogP contribution < -0.4 is 10.1 Å². The summed E-state index contributed by atoms with van der Waals surface area (Å²) in [5, 5.41) is 7.76. The van der Waals surface area contributed by atoms with E-state index in [9.17, 15) is 13.2 Å². The molecule has 0 saturated carbocycles. The van der Waals surface area contributed by atoms with Crippen LogP contribution in [0.1, 0.15) is 50.3 Å². The molecular formula is C28H32F3N5O2. The molecule has 4 heterocycles. The Morgan fingerprint density at radius 1 is 1.21 bits per heavy atom. The predicted octanol–water partition coefficient (Wildman–Crippen LogP) is 5.86. The van der Waals surface area contributed by atoms with Crippen molar-refractivity contribution >= 4 is 17.0 Å². The molecule has 0 bridgehead atoms. The van der Waals surface area contributed by atoms with Crippen molar-refractivity contribution in [3.63, 3.8) is 0 Å². The zero-order chi connectivity index (χ0) is 26.6. The van der Waals surface area contributed by atoms with Crippen molar-refractivity contribution < 1.29 is 22.6 Å². The minimum Gasteiger partial charge on any atom is -0.487 e. The van der Waals surface area contributed by atoms with E-state index in [4.69, 9.17) is 14.5 Å². The summed E-state index contributed by atoms with van der Waals surface area (Å²) in [4.78, 5) is 7.23. The molecule has 1 fully saturated rings. The van der Waals surface area contributed by atoms with Gasteiger partial charge in [0.25, 0.3) is 6.43 Å². The molecule has 0 aliphatic carbocycles. The highest BCUT2D eigenvalue weighted by Gasteiger charge is 2.24. The van der Waals surface area contributed by atoms with Gasteiger partial charge < -0.3 is 19.7 Å².